The lowest BCUT2D eigenvalue weighted by Gasteiger charge is -2.45. The predicted molar refractivity (Wildman–Crippen MR) is 100 cm³/mol. The van der Waals surface area contributed by atoms with Gasteiger partial charge in [-0.05, 0) is 36.6 Å². The van der Waals surface area contributed by atoms with Gasteiger partial charge >= 0.3 is 6.01 Å². The third-order valence-electron chi connectivity index (χ3n) is 5.53. The zero-order chi connectivity index (χ0) is 19.4. The van der Waals surface area contributed by atoms with Crippen LogP contribution in [0.15, 0.2) is 42.7 Å². The van der Waals surface area contributed by atoms with Gasteiger partial charge in [0, 0.05) is 38.3 Å². The van der Waals surface area contributed by atoms with Gasteiger partial charge in [-0.2, -0.15) is 0 Å². The van der Waals surface area contributed by atoms with Gasteiger partial charge in [0.2, 0.25) is 5.91 Å². The molecule has 2 fully saturated rings. The van der Waals surface area contributed by atoms with Crippen molar-refractivity contribution in [3.05, 3.63) is 54.1 Å². The minimum atomic E-state index is -0.313. The lowest BCUT2D eigenvalue weighted by Crippen LogP contribution is -2.52. The van der Waals surface area contributed by atoms with Gasteiger partial charge in [0.1, 0.15) is 11.9 Å². The molecule has 0 radical (unpaired) electrons. The van der Waals surface area contributed by atoms with E-state index in [4.69, 9.17) is 9.47 Å². The fraction of sp³-hybridized carbons (Fsp3) is 0.476. The molecule has 1 atom stereocenters. The normalized spacial score (nSPS) is 21.5. The monoisotopic (exact) mass is 385 g/mol. The number of piperidine rings is 1. The van der Waals surface area contributed by atoms with Crippen molar-refractivity contribution < 1.29 is 18.7 Å². The summed E-state index contributed by atoms with van der Waals surface area (Å²) in [6, 6.07) is 8.38. The molecule has 1 unspecified atom stereocenters. The summed E-state index contributed by atoms with van der Waals surface area (Å²) in [6.07, 6.45) is 6.71. The number of hydrogen-bond acceptors (Lipinski definition) is 5. The molecule has 0 N–H and O–H groups in total. The van der Waals surface area contributed by atoms with Gasteiger partial charge in [-0.1, -0.05) is 12.1 Å². The Morgan fingerprint density at radius 3 is 2.79 bits per heavy atom. The molecule has 4 rings (SSSR count). The number of carbonyl (C=O) groups excluding carboxylic acids is 1. The van der Waals surface area contributed by atoms with Gasteiger partial charge < -0.3 is 14.4 Å². The highest BCUT2D eigenvalue weighted by Crippen LogP contribution is 2.36. The fourth-order valence-corrected chi connectivity index (χ4v) is 4.02. The molecule has 1 spiro atoms. The molecule has 6 nitrogen and oxygen atoms in total. The summed E-state index contributed by atoms with van der Waals surface area (Å²) in [6.45, 7) is 1.92. The van der Waals surface area contributed by atoms with E-state index >= 15 is 0 Å². The number of likely N-dealkylation sites (tertiary alicyclic amines) is 1. The molecule has 28 heavy (non-hydrogen) atoms. The molecule has 1 aromatic carbocycles. The van der Waals surface area contributed by atoms with Crippen LogP contribution in [0, 0.1) is 5.82 Å². The molecule has 2 aromatic rings. The van der Waals surface area contributed by atoms with Crippen molar-refractivity contribution in [3.8, 4) is 6.01 Å². The Labute approximate surface area is 163 Å². The van der Waals surface area contributed by atoms with E-state index in [9.17, 15) is 9.18 Å². The average Bonchev–Trinajstić information content (AvgIpc) is 2.69. The van der Waals surface area contributed by atoms with Crippen molar-refractivity contribution in [2.24, 2.45) is 0 Å². The fourth-order valence-electron chi connectivity index (χ4n) is 4.02. The van der Waals surface area contributed by atoms with Crippen LogP contribution < -0.4 is 4.74 Å². The van der Waals surface area contributed by atoms with E-state index in [2.05, 4.69) is 9.97 Å². The Kier molecular flexibility index (Phi) is 5.52. The number of ether oxygens (including phenoxy) is 2. The molecule has 1 aromatic heterocycles. The third-order valence-corrected chi connectivity index (χ3v) is 5.53. The molecule has 2 aliphatic heterocycles. The first-order chi connectivity index (χ1) is 13.6. The number of rotatable bonds is 4. The van der Waals surface area contributed by atoms with E-state index in [0.717, 1.165) is 25.7 Å². The van der Waals surface area contributed by atoms with Gasteiger partial charge in [-0.3, -0.25) is 4.79 Å². The Morgan fingerprint density at radius 2 is 2.04 bits per heavy atom. The summed E-state index contributed by atoms with van der Waals surface area (Å²) in [5.41, 5.74) is 0.448. The SMILES string of the molecule is O=C(Cc1cccc(F)c1)N1CCC2(CC1)CC(Oc1ncccn1)CCO2. The van der Waals surface area contributed by atoms with Gasteiger partial charge in [0.05, 0.1) is 18.6 Å². The van der Waals surface area contributed by atoms with Gasteiger partial charge in [0.25, 0.3) is 0 Å². The Morgan fingerprint density at radius 1 is 1.25 bits per heavy atom. The third kappa shape index (κ3) is 4.47. The second kappa shape index (κ2) is 8.22. The molecule has 7 heteroatoms. The highest BCUT2D eigenvalue weighted by molar-refractivity contribution is 5.78. The van der Waals surface area contributed by atoms with E-state index in [1.54, 1.807) is 30.6 Å². The highest BCUT2D eigenvalue weighted by atomic mass is 19.1. The standard InChI is InChI=1S/C21H24FN3O3/c22-17-4-1-3-16(13-17)14-19(26)25-10-6-21(7-11-25)15-18(5-12-27-21)28-20-23-8-2-9-24-20/h1-4,8-9,13,18H,5-7,10-12,14-15H2. The van der Waals surface area contributed by atoms with Crippen molar-refractivity contribution in [1.29, 1.82) is 0 Å². The summed E-state index contributed by atoms with van der Waals surface area (Å²) >= 11 is 0. The molecule has 3 heterocycles. The van der Waals surface area contributed by atoms with Crippen LogP contribution in [-0.2, 0) is 16.0 Å². The molecular formula is C21H24FN3O3. The highest BCUT2D eigenvalue weighted by Gasteiger charge is 2.42. The smallest absolute Gasteiger partial charge is 0.316 e. The molecular weight excluding hydrogens is 361 g/mol. The molecule has 148 valence electrons. The number of benzene rings is 1. The van der Waals surface area contributed by atoms with Gasteiger partial charge in [0.15, 0.2) is 0 Å². The van der Waals surface area contributed by atoms with E-state index in [1.807, 2.05) is 4.90 Å². The van der Waals surface area contributed by atoms with Crippen LogP contribution in [0.25, 0.3) is 0 Å². The topological polar surface area (TPSA) is 64.6 Å². The van der Waals surface area contributed by atoms with Crippen LogP contribution in [0.2, 0.25) is 0 Å². The van der Waals surface area contributed by atoms with E-state index < -0.39 is 0 Å². The maximum Gasteiger partial charge on any atom is 0.316 e. The zero-order valence-electron chi connectivity index (χ0n) is 15.7. The van der Waals surface area contributed by atoms with Crippen LogP contribution >= 0.6 is 0 Å². The molecule has 0 bridgehead atoms. The van der Waals surface area contributed by atoms with E-state index in [0.29, 0.717) is 31.3 Å². The Hall–Kier alpha value is -2.54. The first-order valence-electron chi connectivity index (χ1n) is 9.72. The Bertz CT molecular complexity index is 810. The number of amides is 1. The summed E-state index contributed by atoms with van der Waals surface area (Å²) in [5.74, 6) is -0.284. The molecule has 0 aliphatic carbocycles. The number of nitrogens with zero attached hydrogens (tertiary/aromatic N) is 3. The summed E-state index contributed by atoms with van der Waals surface area (Å²) in [4.78, 5) is 22.7. The maximum absolute atomic E-state index is 13.3. The van der Waals surface area contributed by atoms with Crippen LogP contribution in [0.5, 0.6) is 6.01 Å². The predicted octanol–water partition coefficient (Wildman–Crippen LogP) is 2.78. The lowest BCUT2D eigenvalue weighted by atomic mass is 9.83. The van der Waals surface area contributed by atoms with Crippen LogP contribution in [0.1, 0.15) is 31.2 Å². The molecule has 0 saturated carbocycles. The average molecular weight is 385 g/mol. The summed E-state index contributed by atoms with van der Waals surface area (Å²) in [5, 5.41) is 0. The largest absolute Gasteiger partial charge is 0.460 e. The molecule has 2 saturated heterocycles. The quantitative estimate of drug-likeness (QED) is 0.810. The van der Waals surface area contributed by atoms with Crippen molar-refractivity contribution in [2.45, 2.75) is 43.8 Å². The maximum atomic E-state index is 13.3. The van der Waals surface area contributed by atoms with Gasteiger partial charge in [-0.25, -0.2) is 14.4 Å². The van der Waals surface area contributed by atoms with Crippen LogP contribution in [0.3, 0.4) is 0 Å². The molecule has 1 amide bonds. The van der Waals surface area contributed by atoms with Gasteiger partial charge in [-0.15, -0.1) is 0 Å². The zero-order valence-corrected chi connectivity index (χ0v) is 15.7. The minimum Gasteiger partial charge on any atom is -0.460 e. The van der Waals surface area contributed by atoms with Crippen molar-refractivity contribution in [3.63, 3.8) is 0 Å². The van der Waals surface area contributed by atoms with Crippen LogP contribution in [0.4, 0.5) is 4.39 Å². The Balaban J connectivity index is 1.31. The first-order valence-corrected chi connectivity index (χ1v) is 9.72. The minimum absolute atomic E-state index is 0.0192. The number of halogens is 1. The van der Waals surface area contributed by atoms with Crippen molar-refractivity contribution >= 4 is 5.91 Å². The second-order valence-corrected chi connectivity index (χ2v) is 7.48. The number of carbonyl (C=O) groups is 1. The van der Waals surface area contributed by atoms with E-state index in [1.165, 1.54) is 12.1 Å². The van der Waals surface area contributed by atoms with Crippen molar-refractivity contribution in [2.75, 3.05) is 19.7 Å². The molecule has 2 aliphatic rings. The number of hydrogen-bond donors (Lipinski definition) is 0. The summed E-state index contributed by atoms with van der Waals surface area (Å²) in [7, 11) is 0. The lowest BCUT2D eigenvalue weighted by molar-refractivity contribution is -0.151. The van der Waals surface area contributed by atoms with Crippen molar-refractivity contribution in [1.82, 2.24) is 14.9 Å². The van der Waals surface area contributed by atoms with E-state index in [-0.39, 0.29) is 29.9 Å². The van der Waals surface area contributed by atoms with Crippen LogP contribution in [-0.4, -0.2) is 52.2 Å². The number of aromatic nitrogens is 2. The second-order valence-electron chi connectivity index (χ2n) is 7.48. The summed E-state index contributed by atoms with van der Waals surface area (Å²) < 4.78 is 25.4. The first kappa shape index (κ1) is 18.8.